The van der Waals surface area contributed by atoms with Gasteiger partial charge in [0.25, 0.3) is 6.02 Å². The van der Waals surface area contributed by atoms with Crippen molar-refractivity contribution in [2.45, 2.75) is 46.6 Å². The maximum Gasteiger partial charge on any atom is 0.289 e. The summed E-state index contributed by atoms with van der Waals surface area (Å²) in [6.45, 7) is 11.0. The second kappa shape index (κ2) is 5.99. The predicted octanol–water partition coefficient (Wildman–Crippen LogP) is 3.39. The number of nitrogens with one attached hydrogen (secondary N) is 1. The van der Waals surface area contributed by atoms with Gasteiger partial charge < -0.3 is 14.4 Å². The van der Waals surface area contributed by atoms with E-state index in [1.54, 1.807) is 12.1 Å². The molecule has 0 fully saturated rings. The molecule has 0 aliphatic carbocycles. The van der Waals surface area contributed by atoms with Crippen molar-refractivity contribution >= 4 is 11.8 Å². The molecule has 1 aliphatic rings. The van der Waals surface area contributed by atoms with Gasteiger partial charge in [0.1, 0.15) is 17.1 Å². The fourth-order valence-corrected chi connectivity index (χ4v) is 2.72. The summed E-state index contributed by atoms with van der Waals surface area (Å²) >= 11 is 0. The van der Waals surface area contributed by atoms with Gasteiger partial charge in [-0.2, -0.15) is 0 Å². The second-order valence-electron chi connectivity index (χ2n) is 6.15. The molecule has 120 valence electrons. The summed E-state index contributed by atoms with van der Waals surface area (Å²) in [5.74, 6) is 1.16. The zero-order valence-electron chi connectivity index (χ0n) is 13.9. The maximum absolute atomic E-state index is 12.3. The van der Waals surface area contributed by atoms with E-state index in [1.807, 2.05) is 39.5 Å². The minimum Gasteiger partial charge on any atom is -0.486 e. The smallest absolute Gasteiger partial charge is 0.289 e. The van der Waals surface area contributed by atoms with Crippen LogP contribution in [0, 0.1) is 12.3 Å². The SMILES string of the molecule is CCN(CC)C(=N)Oc1cc(C)c2c(c1)OC(C)(C)CC2=O. The first-order valence-corrected chi connectivity index (χ1v) is 7.65. The highest BCUT2D eigenvalue weighted by Crippen LogP contribution is 2.37. The summed E-state index contributed by atoms with van der Waals surface area (Å²) in [6.07, 6.45) is 0.371. The molecule has 0 atom stereocenters. The van der Waals surface area contributed by atoms with Crippen LogP contribution in [0.15, 0.2) is 12.1 Å². The molecule has 0 unspecified atom stereocenters. The normalized spacial score (nSPS) is 15.8. The molecule has 0 amide bonds. The fraction of sp³-hybridized carbons (Fsp3) is 0.529. The van der Waals surface area contributed by atoms with Crippen LogP contribution in [0.25, 0.3) is 0 Å². The highest BCUT2D eigenvalue weighted by Gasteiger charge is 2.34. The Labute approximate surface area is 131 Å². The van der Waals surface area contributed by atoms with E-state index in [4.69, 9.17) is 14.9 Å². The topological polar surface area (TPSA) is 62.6 Å². The first-order valence-electron chi connectivity index (χ1n) is 7.65. The van der Waals surface area contributed by atoms with Gasteiger partial charge in [0.05, 0.1) is 12.0 Å². The van der Waals surface area contributed by atoms with Crippen LogP contribution in [0.5, 0.6) is 11.5 Å². The fourth-order valence-electron chi connectivity index (χ4n) is 2.72. The predicted molar refractivity (Wildman–Crippen MR) is 86.1 cm³/mol. The van der Waals surface area contributed by atoms with E-state index in [-0.39, 0.29) is 11.8 Å². The third kappa shape index (κ3) is 3.24. The molecule has 2 rings (SSSR count). The lowest BCUT2D eigenvalue weighted by atomic mass is 9.90. The number of amidine groups is 1. The molecule has 1 heterocycles. The Morgan fingerprint density at radius 2 is 2.00 bits per heavy atom. The molecule has 0 bridgehead atoms. The summed E-state index contributed by atoms with van der Waals surface area (Å²) in [5, 5.41) is 8.01. The van der Waals surface area contributed by atoms with Gasteiger partial charge in [-0.1, -0.05) is 0 Å². The number of carbonyl (C=O) groups excluding carboxylic acids is 1. The summed E-state index contributed by atoms with van der Waals surface area (Å²) in [7, 11) is 0. The minimum absolute atomic E-state index is 0.0918. The Morgan fingerprint density at radius 3 is 2.59 bits per heavy atom. The molecule has 0 spiro atoms. The van der Waals surface area contributed by atoms with Crippen molar-refractivity contribution < 1.29 is 14.3 Å². The van der Waals surface area contributed by atoms with Crippen molar-refractivity contribution in [2.75, 3.05) is 13.1 Å². The van der Waals surface area contributed by atoms with Gasteiger partial charge in [0.2, 0.25) is 0 Å². The van der Waals surface area contributed by atoms with Gasteiger partial charge in [-0.3, -0.25) is 10.2 Å². The van der Waals surface area contributed by atoms with Crippen LogP contribution >= 0.6 is 0 Å². The van der Waals surface area contributed by atoms with Crippen molar-refractivity contribution in [3.05, 3.63) is 23.3 Å². The van der Waals surface area contributed by atoms with Gasteiger partial charge in [0, 0.05) is 19.2 Å². The number of aryl methyl sites for hydroxylation is 1. The number of hydrogen-bond acceptors (Lipinski definition) is 4. The van der Waals surface area contributed by atoms with Crippen molar-refractivity contribution in [2.24, 2.45) is 0 Å². The Kier molecular flexibility index (Phi) is 4.44. The Hall–Kier alpha value is -2.04. The first-order chi connectivity index (χ1) is 10.3. The van der Waals surface area contributed by atoms with Crippen molar-refractivity contribution in [1.29, 1.82) is 5.41 Å². The molecule has 0 saturated carbocycles. The molecule has 1 N–H and O–H groups in total. The molecule has 1 aromatic carbocycles. The molecule has 0 radical (unpaired) electrons. The molecule has 22 heavy (non-hydrogen) atoms. The van der Waals surface area contributed by atoms with E-state index in [0.29, 0.717) is 36.6 Å². The third-order valence-corrected chi connectivity index (χ3v) is 3.79. The number of ketones is 1. The number of ether oxygens (including phenoxy) is 2. The van der Waals surface area contributed by atoms with Crippen molar-refractivity contribution in [1.82, 2.24) is 4.90 Å². The van der Waals surface area contributed by atoms with Gasteiger partial charge in [-0.05, 0) is 46.2 Å². The number of Topliss-reactive ketones (excluding diaryl/α,β-unsaturated/α-hetero) is 1. The van der Waals surface area contributed by atoms with Gasteiger partial charge in [0.15, 0.2) is 5.78 Å². The van der Waals surface area contributed by atoms with E-state index in [1.165, 1.54) is 0 Å². The van der Waals surface area contributed by atoms with Crippen LogP contribution in [-0.2, 0) is 0 Å². The number of nitrogens with zero attached hydrogens (tertiary/aromatic N) is 1. The van der Waals surface area contributed by atoms with Crippen molar-refractivity contribution in [3.63, 3.8) is 0 Å². The van der Waals surface area contributed by atoms with Crippen LogP contribution in [0.4, 0.5) is 0 Å². The molecule has 5 nitrogen and oxygen atoms in total. The number of hydrogen-bond donors (Lipinski definition) is 1. The summed E-state index contributed by atoms with van der Waals surface area (Å²) in [5.41, 5.74) is 0.933. The molecule has 5 heteroatoms. The minimum atomic E-state index is -0.512. The molecular formula is C17H24N2O3. The molecule has 0 saturated heterocycles. The summed E-state index contributed by atoms with van der Waals surface area (Å²) in [4.78, 5) is 14.1. The van der Waals surface area contributed by atoms with Gasteiger partial charge in [-0.25, -0.2) is 0 Å². The van der Waals surface area contributed by atoms with E-state index in [0.717, 1.165) is 5.56 Å². The quantitative estimate of drug-likeness (QED) is 0.687. The lowest BCUT2D eigenvalue weighted by Gasteiger charge is -2.32. The maximum atomic E-state index is 12.3. The van der Waals surface area contributed by atoms with E-state index in [2.05, 4.69) is 0 Å². The van der Waals surface area contributed by atoms with Crippen LogP contribution in [-0.4, -0.2) is 35.4 Å². The Bertz CT molecular complexity index is 604. The lowest BCUT2D eigenvalue weighted by Crippen LogP contribution is -2.36. The van der Waals surface area contributed by atoms with Crippen LogP contribution in [0.3, 0.4) is 0 Å². The Morgan fingerprint density at radius 1 is 1.36 bits per heavy atom. The highest BCUT2D eigenvalue weighted by molar-refractivity contribution is 6.02. The zero-order chi connectivity index (χ0) is 16.5. The van der Waals surface area contributed by atoms with Crippen LogP contribution in [0.1, 0.15) is 50.0 Å². The second-order valence-corrected chi connectivity index (χ2v) is 6.15. The number of rotatable bonds is 3. The average Bonchev–Trinajstić information content (AvgIpc) is 2.37. The monoisotopic (exact) mass is 304 g/mol. The Balaban J connectivity index is 2.32. The number of carbonyl (C=O) groups is 1. The number of fused-ring (bicyclic) bond motifs is 1. The first kappa shape index (κ1) is 16.3. The van der Waals surface area contributed by atoms with E-state index in [9.17, 15) is 4.79 Å². The summed E-state index contributed by atoms with van der Waals surface area (Å²) in [6, 6.07) is 3.60. The zero-order valence-corrected chi connectivity index (χ0v) is 13.9. The van der Waals surface area contributed by atoms with E-state index < -0.39 is 5.60 Å². The van der Waals surface area contributed by atoms with E-state index >= 15 is 0 Å². The highest BCUT2D eigenvalue weighted by atomic mass is 16.5. The van der Waals surface area contributed by atoms with Gasteiger partial charge in [-0.15, -0.1) is 0 Å². The molecular weight excluding hydrogens is 280 g/mol. The van der Waals surface area contributed by atoms with Crippen molar-refractivity contribution in [3.8, 4) is 11.5 Å². The lowest BCUT2D eigenvalue weighted by molar-refractivity contribution is 0.0618. The van der Waals surface area contributed by atoms with Crippen LogP contribution in [0.2, 0.25) is 0 Å². The molecule has 0 aromatic heterocycles. The molecule has 1 aliphatic heterocycles. The third-order valence-electron chi connectivity index (χ3n) is 3.79. The van der Waals surface area contributed by atoms with Gasteiger partial charge >= 0.3 is 0 Å². The van der Waals surface area contributed by atoms with Crippen LogP contribution < -0.4 is 9.47 Å². The number of benzene rings is 1. The standard InChI is InChI=1S/C17H24N2O3/c1-6-19(7-2)16(18)21-12-8-11(3)15-13(20)10-17(4,5)22-14(15)9-12/h8-9,18H,6-7,10H2,1-5H3. The molecule has 1 aromatic rings. The largest absolute Gasteiger partial charge is 0.486 e. The average molecular weight is 304 g/mol. The summed E-state index contributed by atoms with van der Waals surface area (Å²) < 4.78 is 11.5.